The van der Waals surface area contributed by atoms with Crippen LogP contribution in [0.5, 0.6) is 5.75 Å². The second kappa shape index (κ2) is 5.40. The number of ether oxygens (including phenoxy) is 2. The molecule has 0 atom stereocenters. The molecule has 1 saturated heterocycles. The van der Waals surface area contributed by atoms with Gasteiger partial charge in [0, 0.05) is 12.1 Å². The first-order valence-corrected chi connectivity index (χ1v) is 6.20. The number of rotatable bonds is 5. The van der Waals surface area contributed by atoms with Gasteiger partial charge in [-0.3, -0.25) is 4.79 Å². The Balaban J connectivity index is 1.97. The van der Waals surface area contributed by atoms with Crippen molar-refractivity contribution in [1.82, 2.24) is 5.32 Å². The van der Waals surface area contributed by atoms with Crippen LogP contribution in [0, 0.1) is 5.41 Å². The molecule has 4 nitrogen and oxygen atoms in total. The van der Waals surface area contributed by atoms with Gasteiger partial charge in [0.2, 0.25) is 5.91 Å². The van der Waals surface area contributed by atoms with Gasteiger partial charge in [0.25, 0.3) is 0 Å². The first kappa shape index (κ1) is 12.9. The van der Waals surface area contributed by atoms with Gasteiger partial charge in [0.1, 0.15) is 5.75 Å². The zero-order chi connectivity index (χ0) is 13.0. The maximum Gasteiger partial charge on any atom is 0.231 e. The van der Waals surface area contributed by atoms with Crippen LogP contribution >= 0.6 is 0 Å². The quantitative estimate of drug-likeness (QED) is 0.864. The van der Waals surface area contributed by atoms with Crippen LogP contribution in [0.2, 0.25) is 0 Å². The number of hydrogen-bond acceptors (Lipinski definition) is 3. The molecule has 18 heavy (non-hydrogen) atoms. The lowest BCUT2D eigenvalue weighted by Crippen LogP contribution is -2.53. The summed E-state index contributed by atoms with van der Waals surface area (Å²) in [5.74, 6) is 0.871. The number of hydrogen-bond donors (Lipinski definition) is 1. The van der Waals surface area contributed by atoms with Crippen LogP contribution in [0.15, 0.2) is 24.3 Å². The second-order valence-electron chi connectivity index (χ2n) is 4.62. The monoisotopic (exact) mass is 249 g/mol. The van der Waals surface area contributed by atoms with Crippen LogP contribution in [-0.4, -0.2) is 26.2 Å². The summed E-state index contributed by atoms with van der Waals surface area (Å²) in [5.41, 5.74) is 0.669. The largest absolute Gasteiger partial charge is 0.496 e. The fourth-order valence-corrected chi connectivity index (χ4v) is 2.06. The molecule has 0 spiro atoms. The maximum absolute atomic E-state index is 12.1. The topological polar surface area (TPSA) is 47.6 Å². The summed E-state index contributed by atoms with van der Waals surface area (Å²) in [6, 6.07) is 7.70. The molecule has 0 radical (unpaired) electrons. The molecule has 2 rings (SSSR count). The van der Waals surface area contributed by atoms with E-state index in [1.54, 1.807) is 7.11 Å². The predicted octanol–water partition coefficient (Wildman–Crippen LogP) is 1.74. The zero-order valence-electron chi connectivity index (χ0n) is 10.9. The standard InChI is InChI=1S/C14H19NO3/c1-3-14(9-18-10-14)13(16)15-8-11-6-4-5-7-12(11)17-2/h4-7H,3,8-10H2,1-2H3,(H,15,16). The van der Waals surface area contributed by atoms with Crippen LogP contribution in [0.1, 0.15) is 18.9 Å². The Hall–Kier alpha value is -1.55. The van der Waals surface area contributed by atoms with Gasteiger partial charge in [-0.2, -0.15) is 0 Å². The van der Waals surface area contributed by atoms with Crippen LogP contribution in [0.25, 0.3) is 0 Å². The second-order valence-corrected chi connectivity index (χ2v) is 4.62. The van der Waals surface area contributed by atoms with Gasteiger partial charge in [-0.05, 0) is 12.5 Å². The first-order chi connectivity index (χ1) is 8.72. The van der Waals surface area contributed by atoms with Crippen molar-refractivity contribution in [3.63, 3.8) is 0 Å². The summed E-state index contributed by atoms with van der Waals surface area (Å²) in [4.78, 5) is 12.1. The molecule has 1 N–H and O–H groups in total. The van der Waals surface area contributed by atoms with Gasteiger partial charge in [-0.1, -0.05) is 25.1 Å². The van der Waals surface area contributed by atoms with E-state index < -0.39 is 0 Å². The van der Waals surface area contributed by atoms with Crippen LogP contribution in [0.3, 0.4) is 0 Å². The van der Waals surface area contributed by atoms with E-state index in [0.29, 0.717) is 19.8 Å². The summed E-state index contributed by atoms with van der Waals surface area (Å²) in [5, 5.41) is 2.97. The SMILES string of the molecule is CCC1(C(=O)NCc2ccccc2OC)COC1. The summed E-state index contributed by atoms with van der Waals surface area (Å²) in [6.07, 6.45) is 0.810. The predicted molar refractivity (Wildman–Crippen MR) is 68.4 cm³/mol. The lowest BCUT2D eigenvalue weighted by molar-refractivity contribution is -0.162. The maximum atomic E-state index is 12.1. The van der Waals surface area contributed by atoms with E-state index in [0.717, 1.165) is 17.7 Å². The highest BCUT2D eigenvalue weighted by atomic mass is 16.5. The van der Waals surface area contributed by atoms with Crippen molar-refractivity contribution in [2.45, 2.75) is 19.9 Å². The number of carbonyl (C=O) groups excluding carboxylic acids is 1. The van der Waals surface area contributed by atoms with E-state index in [-0.39, 0.29) is 11.3 Å². The number of amides is 1. The van der Waals surface area contributed by atoms with Gasteiger partial charge in [0.15, 0.2) is 0 Å². The van der Waals surface area contributed by atoms with Crippen molar-refractivity contribution < 1.29 is 14.3 Å². The number of nitrogens with one attached hydrogen (secondary N) is 1. The van der Waals surface area contributed by atoms with E-state index in [4.69, 9.17) is 9.47 Å². The molecule has 1 aliphatic rings. The third-order valence-electron chi connectivity index (χ3n) is 3.55. The molecular weight excluding hydrogens is 230 g/mol. The summed E-state index contributed by atoms with van der Waals surface area (Å²) < 4.78 is 10.4. The lowest BCUT2D eigenvalue weighted by Gasteiger charge is -2.39. The van der Waals surface area contributed by atoms with Crippen LogP contribution in [-0.2, 0) is 16.1 Å². The molecule has 0 unspecified atom stereocenters. The van der Waals surface area contributed by atoms with Crippen LogP contribution < -0.4 is 10.1 Å². The summed E-state index contributed by atoms with van der Waals surface area (Å²) in [6.45, 7) is 3.57. The molecule has 1 heterocycles. The van der Waals surface area contributed by atoms with E-state index >= 15 is 0 Å². The van der Waals surface area contributed by atoms with Crippen molar-refractivity contribution in [2.24, 2.45) is 5.41 Å². The minimum atomic E-state index is -0.317. The third kappa shape index (κ3) is 2.34. The van der Waals surface area contributed by atoms with Gasteiger partial charge < -0.3 is 14.8 Å². The molecule has 98 valence electrons. The smallest absolute Gasteiger partial charge is 0.231 e. The molecule has 4 heteroatoms. The highest BCUT2D eigenvalue weighted by Gasteiger charge is 2.43. The molecule has 1 aliphatic heterocycles. The molecule has 1 aromatic rings. The van der Waals surface area contributed by atoms with Crippen molar-refractivity contribution in [1.29, 1.82) is 0 Å². The van der Waals surface area contributed by atoms with Crippen molar-refractivity contribution in [3.8, 4) is 5.75 Å². The molecule has 1 fully saturated rings. The molecule has 0 saturated carbocycles. The molecule has 0 aliphatic carbocycles. The minimum absolute atomic E-state index is 0.0714. The summed E-state index contributed by atoms with van der Waals surface area (Å²) >= 11 is 0. The molecule has 0 aromatic heterocycles. The Morgan fingerprint density at radius 3 is 2.72 bits per heavy atom. The number of benzene rings is 1. The Morgan fingerprint density at radius 2 is 2.17 bits per heavy atom. The highest BCUT2D eigenvalue weighted by Crippen LogP contribution is 2.31. The van der Waals surface area contributed by atoms with E-state index in [2.05, 4.69) is 5.32 Å². The van der Waals surface area contributed by atoms with Crippen molar-refractivity contribution in [3.05, 3.63) is 29.8 Å². The average molecular weight is 249 g/mol. The van der Waals surface area contributed by atoms with Gasteiger partial charge >= 0.3 is 0 Å². The minimum Gasteiger partial charge on any atom is -0.496 e. The van der Waals surface area contributed by atoms with Crippen molar-refractivity contribution >= 4 is 5.91 Å². The average Bonchev–Trinajstić information content (AvgIpc) is 2.36. The Morgan fingerprint density at radius 1 is 1.44 bits per heavy atom. The zero-order valence-corrected chi connectivity index (χ0v) is 10.9. The number of methoxy groups -OCH3 is 1. The molecule has 1 amide bonds. The van der Waals surface area contributed by atoms with Crippen LogP contribution in [0.4, 0.5) is 0 Å². The van der Waals surface area contributed by atoms with Gasteiger partial charge in [-0.25, -0.2) is 0 Å². The molecular formula is C14H19NO3. The van der Waals surface area contributed by atoms with Gasteiger partial charge in [-0.15, -0.1) is 0 Å². The fraction of sp³-hybridized carbons (Fsp3) is 0.500. The van der Waals surface area contributed by atoms with Gasteiger partial charge in [0.05, 0.1) is 25.7 Å². The Bertz CT molecular complexity index is 421. The van der Waals surface area contributed by atoms with E-state index in [1.165, 1.54) is 0 Å². The normalized spacial score (nSPS) is 16.8. The fourth-order valence-electron chi connectivity index (χ4n) is 2.06. The number of carbonyl (C=O) groups is 1. The molecule has 0 bridgehead atoms. The highest BCUT2D eigenvalue weighted by molar-refractivity contribution is 5.83. The van der Waals surface area contributed by atoms with E-state index in [1.807, 2.05) is 31.2 Å². The summed E-state index contributed by atoms with van der Waals surface area (Å²) in [7, 11) is 1.63. The lowest BCUT2D eigenvalue weighted by atomic mass is 9.82. The van der Waals surface area contributed by atoms with Crippen molar-refractivity contribution in [2.75, 3.05) is 20.3 Å². The molecule has 1 aromatic carbocycles. The third-order valence-corrected chi connectivity index (χ3v) is 3.55. The first-order valence-electron chi connectivity index (χ1n) is 6.20. The van der Waals surface area contributed by atoms with E-state index in [9.17, 15) is 4.79 Å². The number of para-hydroxylation sites is 1. The Kier molecular flexibility index (Phi) is 3.87. The Labute approximate surface area is 107 Å².